The van der Waals surface area contributed by atoms with E-state index in [-0.39, 0.29) is 0 Å². The van der Waals surface area contributed by atoms with E-state index in [2.05, 4.69) is 15.2 Å². The molecule has 0 fully saturated rings. The highest BCUT2D eigenvalue weighted by atomic mass is 32.2. The first kappa shape index (κ1) is 11.1. The van der Waals surface area contributed by atoms with Gasteiger partial charge in [0, 0.05) is 37.3 Å². The van der Waals surface area contributed by atoms with Crippen LogP contribution in [0.15, 0.2) is 29.7 Å². The molecular weight excluding hydrogens is 222 g/mol. The molecule has 0 aliphatic rings. The molecule has 0 aromatic carbocycles. The van der Waals surface area contributed by atoms with Crippen molar-refractivity contribution in [3.63, 3.8) is 0 Å². The van der Waals surface area contributed by atoms with Gasteiger partial charge in [-0.2, -0.15) is 0 Å². The monoisotopic (exact) mass is 235 g/mol. The summed E-state index contributed by atoms with van der Waals surface area (Å²) in [5.74, 6) is 1.70. The van der Waals surface area contributed by atoms with Gasteiger partial charge in [-0.3, -0.25) is 4.98 Å². The summed E-state index contributed by atoms with van der Waals surface area (Å²) < 4.78 is 1.97. The lowest BCUT2D eigenvalue weighted by molar-refractivity contribution is 0.793. The predicted molar refractivity (Wildman–Crippen MR) is 64.0 cm³/mol. The van der Waals surface area contributed by atoms with Crippen LogP contribution < -0.4 is 5.73 Å². The zero-order valence-electron chi connectivity index (χ0n) is 9.00. The van der Waals surface area contributed by atoms with Crippen LogP contribution in [0.4, 0.5) is 0 Å². The molecule has 0 amide bonds. The van der Waals surface area contributed by atoms with E-state index in [1.54, 1.807) is 24.2 Å². The lowest BCUT2D eigenvalue weighted by atomic mass is 10.2. The van der Waals surface area contributed by atoms with Gasteiger partial charge in [-0.1, -0.05) is 11.8 Å². The standard InChI is InChI=1S/C10H13N5S/c1-15-9(8-2-5-12-6-3-8)13-14-10(15)16-7-4-11/h2-3,5-6H,4,7,11H2,1H3. The third kappa shape index (κ3) is 2.23. The summed E-state index contributed by atoms with van der Waals surface area (Å²) in [5, 5.41) is 9.18. The Kier molecular flexibility index (Phi) is 3.53. The van der Waals surface area contributed by atoms with Crippen molar-refractivity contribution in [1.82, 2.24) is 19.7 Å². The molecule has 84 valence electrons. The number of thioether (sulfide) groups is 1. The molecule has 5 nitrogen and oxygen atoms in total. The Hall–Kier alpha value is -1.40. The van der Waals surface area contributed by atoms with Gasteiger partial charge in [0.25, 0.3) is 0 Å². The molecular formula is C10H13N5S. The SMILES string of the molecule is Cn1c(SCCN)nnc1-c1ccncc1. The van der Waals surface area contributed by atoms with Gasteiger partial charge in [-0.05, 0) is 12.1 Å². The normalized spacial score (nSPS) is 10.6. The summed E-state index contributed by atoms with van der Waals surface area (Å²) in [6, 6.07) is 3.84. The summed E-state index contributed by atoms with van der Waals surface area (Å²) in [5.41, 5.74) is 6.48. The maximum absolute atomic E-state index is 5.46. The van der Waals surface area contributed by atoms with Crippen LogP contribution in [0.25, 0.3) is 11.4 Å². The Balaban J connectivity index is 2.27. The number of aromatic nitrogens is 4. The molecule has 0 spiro atoms. The quantitative estimate of drug-likeness (QED) is 0.798. The number of rotatable bonds is 4. The van der Waals surface area contributed by atoms with E-state index in [9.17, 15) is 0 Å². The fourth-order valence-corrected chi connectivity index (χ4v) is 2.02. The van der Waals surface area contributed by atoms with E-state index in [1.165, 1.54) is 0 Å². The lowest BCUT2D eigenvalue weighted by Crippen LogP contribution is -2.03. The minimum absolute atomic E-state index is 0.641. The van der Waals surface area contributed by atoms with Gasteiger partial charge in [0.15, 0.2) is 11.0 Å². The Bertz CT molecular complexity index is 453. The van der Waals surface area contributed by atoms with Gasteiger partial charge in [-0.25, -0.2) is 0 Å². The molecule has 6 heteroatoms. The second-order valence-corrected chi connectivity index (χ2v) is 4.30. The van der Waals surface area contributed by atoms with Crippen LogP contribution in [0.3, 0.4) is 0 Å². The molecule has 0 radical (unpaired) electrons. The van der Waals surface area contributed by atoms with Crippen LogP contribution >= 0.6 is 11.8 Å². The van der Waals surface area contributed by atoms with Crippen molar-refractivity contribution >= 4 is 11.8 Å². The summed E-state index contributed by atoms with van der Waals surface area (Å²) in [7, 11) is 1.95. The molecule has 0 atom stereocenters. The largest absolute Gasteiger partial charge is 0.330 e. The van der Waals surface area contributed by atoms with E-state index in [4.69, 9.17) is 5.73 Å². The van der Waals surface area contributed by atoms with Crippen molar-refractivity contribution in [2.45, 2.75) is 5.16 Å². The topological polar surface area (TPSA) is 69.6 Å². The fraction of sp³-hybridized carbons (Fsp3) is 0.300. The Morgan fingerprint density at radius 3 is 2.75 bits per heavy atom. The van der Waals surface area contributed by atoms with E-state index < -0.39 is 0 Å². The number of pyridine rings is 1. The highest BCUT2D eigenvalue weighted by Gasteiger charge is 2.09. The molecule has 2 N–H and O–H groups in total. The van der Waals surface area contributed by atoms with E-state index in [1.807, 2.05) is 23.7 Å². The minimum atomic E-state index is 0.641. The maximum Gasteiger partial charge on any atom is 0.191 e. The van der Waals surface area contributed by atoms with Gasteiger partial charge in [0.2, 0.25) is 0 Å². The lowest BCUT2D eigenvalue weighted by Gasteiger charge is -2.02. The van der Waals surface area contributed by atoms with Gasteiger partial charge < -0.3 is 10.3 Å². The van der Waals surface area contributed by atoms with E-state index in [0.29, 0.717) is 6.54 Å². The minimum Gasteiger partial charge on any atom is -0.330 e. The number of nitrogens with two attached hydrogens (primary N) is 1. The first-order valence-corrected chi connectivity index (χ1v) is 5.94. The second kappa shape index (κ2) is 5.09. The second-order valence-electron chi connectivity index (χ2n) is 3.24. The molecule has 0 saturated carbocycles. The van der Waals surface area contributed by atoms with Gasteiger partial charge in [0.05, 0.1) is 0 Å². The van der Waals surface area contributed by atoms with Crippen molar-refractivity contribution in [2.75, 3.05) is 12.3 Å². The average molecular weight is 235 g/mol. The van der Waals surface area contributed by atoms with Crippen molar-refractivity contribution in [3.8, 4) is 11.4 Å². The van der Waals surface area contributed by atoms with Crippen LogP contribution in [-0.4, -0.2) is 32.0 Å². The molecule has 2 aromatic rings. The summed E-state index contributed by atoms with van der Waals surface area (Å²) in [6.45, 7) is 0.641. The van der Waals surface area contributed by atoms with Gasteiger partial charge in [-0.15, -0.1) is 10.2 Å². The smallest absolute Gasteiger partial charge is 0.191 e. The molecule has 0 saturated heterocycles. The van der Waals surface area contributed by atoms with Crippen molar-refractivity contribution in [1.29, 1.82) is 0 Å². The molecule has 0 aliphatic carbocycles. The molecule has 2 rings (SSSR count). The first-order chi connectivity index (χ1) is 7.83. The average Bonchev–Trinajstić information content (AvgIpc) is 2.69. The molecule has 0 bridgehead atoms. The molecule has 16 heavy (non-hydrogen) atoms. The van der Waals surface area contributed by atoms with Crippen LogP contribution in [0.1, 0.15) is 0 Å². The van der Waals surface area contributed by atoms with Crippen LogP contribution in [-0.2, 0) is 7.05 Å². The summed E-state index contributed by atoms with van der Waals surface area (Å²) in [4.78, 5) is 3.98. The Labute approximate surface area is 98.1 Å². The van der Waals surface area contributed by atoms with Crippen LogP contribution in [0.2, 0.25) is 0 Å². The Morgan fingerprint density at radius 2 is 2.06 bits per heavy atom. The fourth-order valence-electron chi connectivity index (χ4n) is 1.34. The third-order valence-corrected chi connectivity index (χ3v) is 3.18. The van der Waals surface area contributed by atoms with Crippen molar-refractivity contribution in [2.24, 2.45) is 12.8 Å². The maximum atomic E-state index is 5.46. The number of nitrogens with zero attached hydrogens (tertiary/aromatic N) is 4. The predicted octanol–water partition coefficient (Wildman–Crippen LogP) is 0.928. The van der Waals surface area contributed by atoms with E-state index in [0.717, 1.165) is 22.3 Å². The molecule has 2 aromatic heterocycles. The van der Waals surface area contributed by atoms with Gasteiger partial charge in [0.1, 0.15) is 0 Å². The molecule has 0 aliphatic heterocycles. The van der Waals surface area contributed by atoms with Crippen molar-refractivity contribution in [3.05, 3.63) is 24.5 Å². The third-order valence-electron chi connectivity index (χ3n) is 2.12. The Morgan fingerprint density at radius 1 is 1.31 bits per heavy atom. The van der Waals surface area contributed by atoms with Crippen LogP contribution in [0, 0.1) is 0 Å². The molecule has 2 heterocycles. The highest BCUT2D eigenvalue weighted by molar-refractivity contribution is 7.99. The van der Waals surface area contributed by atoms with E-state index >= 15 is 0 Å². The zero-order valence-corrected chi connectivity index (χ0v) is 9.81. The summed E-state index contributed by atoms with van der Waals surface area (Å²) >= 11 is 1.61. The first-order valence-electron chi connectivity index (χ1n) is 4.95. The zero-order chi connectivity index (χ0) is 11.4. The highest BCUT2D eigenvalue weighted by Crippen LogP contribution is 2.21. The van der Waals surface area contributed by atoms with Crippen molar-refractivity contribution < 1.29 is 0 Å². The van der Waals surface area contributed by atoms with Crippen LogP contribution in [0.5, 0.6) is 0 Å². The number of hydrogen-bond acceptors (Lipinski definition) is 5. The summed E-state index contributed by atoms with van der Waals surface area (Å²) in [6.07, 6.45) is 3.49. The van der Waals surface area contributed by atoms with Gasteiger partial charge >= 0.3 is 0 Å². The molecule has 0 unspecified atom stereocenters. The number of hydrogen-bond donors (Lipinski definition) is 1.